The molecule has 4 heteroatoms. The summed E-state index contributed by atoms with van der Waals surface area (Å²) in [7, 11) is 3.91. The first-order valence-electron chi connectivity index (χ1n) is 7.31. The number of halogens is 1. The first kappa shape index (κ1) is 15.8. The Morgan fingerprint density at radius 3 is 2.80 bits per heavy atom. The van der Waals surface area contributed by atoms with Gasteiger partial charge in [-0.25, -0.2) is 0 Å². The van der Waals surface area contributed by atoms with E-state index in [2.05, 4.69) is 58.3 Å². The molecule has 3 nitrogen and oxygen atoms in total. The number of ether oxygens (including phenoxy) is 1. The molecule has 0 radical (unpaired) electrons. The molecule has 1 fully saturated rings. The Morgan fingerprint density at radius 1 is 1.45 bits per heavy atom. The van der Waals surface area contributed by atoms with Crippen molar-refractivity contribution in [3.63, 3.8) is 0 Å². The lowest BCUT2D eigenvalue weighted by atomic mass is 10.2. The van der Waals surface area contributed by atoms with Gasteiger partial charge in [0.25, 0.3) is 0 Å². The maximum atomic E-state index is 5.03. The molecule has 0 amide bonds. The van der Waals surface area contributed by atoms with Crippen LogP contribution in [0.4, 0.5) is 5.69 Å². The second-order valence-electron chi connectivity index (χ2n) is 5.81. The lowest BCUT2D eigenvalue weighted by Crippen LogP contribution is -2.21. The van der Waals surface area contributed by atoms with Gasteiger partial charge in [0, 0.05) is 38.3 Å². The summed E-state index contributed by atoms with van der Waals surface area (Å²) in [5, 5.41) is 3.37. The Hall–Kier alpha value is -0.580. The highest BCUT2D eigenvalue weighted by atomic mass is 79.9. The predicted molar refractivity (Wildman–Crippen MR) is 88.3 cm³/mol. The number of rotatable bonds is 8. The first-order chi connectivity index (χ1) is 9.61. The Labute approximate surface area is 130 Å². The minimum atomic E-state index is 0.752. The number of nitrogens with zero attached hydrogens (tertiary/aromatic N) is 1. The van der Waals surface area contributed by atoms with Crippen molar-refractivity contribution < 1.29 is 4.74 Å². The van der Waals surface area contributed by atoms with Crippen LogP contribution < -0.4 is 10.2 Å². The summed E-state index contributed by atoms with van der Waals surface area (Å²) in [6.07, 6.45) is 1.38. The third-order valence-corrected chi connectivity index (χ3v) is 4.66. The van der Waals surface area contributed by atoms with Crippen LogP contribution in [0.3, 0.4) is 0 Å². The highest BCUT2D eigenvalue weighted by molar-refractivity contribution is 9.10. The van der Waals surface area contributed by atoms with Crippen LogP contribution in [0.25, 0.3) is 0 Å². The third-order valence-electron chi connectivity index (χ3n) is 4.02. The minimum absolute atomic E-state index is 0.752. The van der Waals surface area contributed by atoms with Crippen molar-refractivity contribution >= 4 is 21.6 Å². The number of benzene rings is 1. The van der Waals surface area contributed by atoms with Gasteiger partial charge in [-0.1, -0.05) is 13.0 Å². The molecule has 0 heterocycles. The van der Waals surface area contributed by atoms with Crippen molar-refractivity contribution in [1.82, 2.24) is 5.32 Å². The highest BCUT2D eigenvalue weighted by Crippen LogP contribution is 2.39. The van der Waals surface area contributed by atoms with Crippen LogP contribution in [0, 0.1) is 11.8 Å². The zero-order valence-electron chi connectivity index (χ0n) is 12.7. The van der Waals surface area contributed by atoms with Gasteiger partial charge in [0.1, 0.15) is 0 Å². The van der Waals surface area contributed by atoms with E-state index in [1.54, 1.807) is 7.11 Å². The third kappa shape index (κ3) is 4.47. The average Bonchev–Trinajstić information content (AvgIpc) is 3.10. The lowest BCUT2D eigenvalue weighted by molar-refractivity contribution is 0.199. The quantitative estimate of drug-likeness (QED) is 0.735. The van der Waals surface area contributed by atoms with E-state index in [9.17, 15) is 0 Å². The fraction of sp³-hybridized carbons (Fsp3) is 0.625. The highest BCUT2D eigenvalue weighted by Gasteiger charge is 2.33. The van der Waals surface area contributed by atoms with E-state index in [0.29, 0.717) is 0 Å². The van der Waals surface area contributed by atoms with Crippen LogP contribution in [0.1, 0.15) is 18.9 Å². The van der Waals surface area contributed by atoms with Gasteiger partial charge >= 0.3 is 0 Å². The molecule has 1 aliphatic carbocycles. The van der Waals surface area contributed by atoms with Crippen LogP contribution in [-0.4, -0.2) is 33.9 Å². The molecule has 1 aliphatic rings. The van der Waals surface area contributed by atoms with Crippen LogP contribution in [0.2, 0.25) is 0 Å². The summed E-state index contributed by atoms with van der Waals surface area (Å²) < 4.78 is 6.21. The summed E-state index contributed by atoms with van der Waals surface area (Å²) in [4.78, 5) is 2.36. The Kier molecular flexibility index (Phi) is 5.87. The molecule has 1 aromatic carbocycles. The molecule has 1 aromatic rings. The van der Waals surface area contributed by atoms with Gasteiger partial charge in [-0.05, 0) is 51.9 Å². The molecule has 112 valence electrons. The summed E-state index contributed by atoms with van der Waals surface area (Å²) >= 11 is 3.70. The van der Waals surface area contributed by atoms with Crippen molar-refractivity contribution in [1.29, 1.82) is 0 Å². The molecule has 2 rings (SSSR count). The minimum Gasteiger partial charge on any atom is -0.383 e. The molecule has 2 atom stereocenters. The zero-order chi connectivity index (χ0) is 14.5. The standard InChI is InChI=1S/C16H25BrN2O/c1-12-8-14(12)11-19(2)16-5-4-13(9-15(16)17)10-18-6-7-20-3/h4-5,9,12,14,18H,6-8,10-11H2,1-3H3. The second kappa shape index (κ2) is 7.43. The van der Waals surface area contributed by atoms with E-state index in [1.165, 1.54) is 22.1 Å². The second-order valence-corrected chi connectivity index (χ2v) is 6.66. The number of methoxy groups -OCH3 is 1. The van der Waals surface area contributed by atoms with Crippen LogP contribution in [0.5, 0.6) is 0 Å². The predicted octanol–water partition coefficient (Wildman–Crippen LogP) is 3.28. The van der Waals surface area contributed by atoms with Crippen molar-refractivity contribution in [3.05, 3.63) is 28.2 Å². The molecular formula is C16H25BrN2O. The molecule has 1 saturated carbocycles. The molecule has 0 aromatic heterocycles. The number of hydrogen-bond donors (Lipinski definition) is 1. The van der Waals surface area contributed by atoms with Crippen molar-refractivity contribution in [3.8, 4) is 0 Å². The summed E-state index contributed by atoms with van der Waals surface area (Å²) in [6, 6.07) is 6.62. The van der Waals surface area contributed by atoms with Gasteiger partial charge in [-0.15, -0.1) is 0 Å². The largest absolute Gasteiger partial charge is 0.383 e. The molecular weight excluding hydrogens is 316 g/mol. The Morgan fingerprint density at radius 2 is 2.20 bits per heavy atom. The van der Waals surface area contributed by atoms with Gasteiger partial charge in [0.2, 0.25) is 0 Å². The van der Waals surface area contributed by atoms with Gasteiger partial charge in [0.15, 0.2) is 0 Å². The molecule has 0 bridgehead atoms. The molecule has 1 N–H and O–H groups in total. The zero-order valence-corrected chi connectivity index (χ0v) is 14.2. The maximum absolute atomic E-state index is 5.03. The number of hydrogen-bond acceptors (Lipinski definition) is 3. The lowest BCUT2D eigenvalue weighted by Gasteiger charge is -2.21. The van der Waals surface area contributed by atoms with Crippen molar-refractivity contribution in [2.75, 3.05) is 38.8 Å². The first-order valence-corrected chi connectivity index (χ1v) is 8.10. The van der Waals surface area contributed by atoms with Gasteiger partial charge in [-0.2, -0.15) is 0 Å². The molecule has 20 heavy (non-hydrogen) atoms. The van der Waals surface area contributed by atoms with E-state index in [0.717, 1.165) is 38.1 Å². The normalized spacial score (nSPS) is 21.0. The summed E-state index contributed by atoms with van der Waals surface area (Å²) in [5.74, 6) is 1.78. The van der Waals surface area contributed by atoms with Gasteiger partial charge in [0.05, 0.1) is 12.3 Å². The van der Waals surface area contributed by atoms with Crippen LogP contribution >= 0.6 is 15.9 Å². The van der Waals surface area contributed by atoms with Crippen LogP contribution in [-0.2, 0) is 11.3 Å². The fourth-order valence-corrected chi connectivity index (χ4v) is 3.21. The maximum Gasteiger partial charge on any atom is 0.0587 e. The van der Waals surface area contributed by atoms with E-state index in [4.69, 9.17) is 4.74 Å². The Balaban J connectivity index is 1.87. The molecule has 2 unspecified atom stereocenters. The summed E-state index contributed by atoms with van der Waals surface area (Å²) in [5.41, 5.74) is 2.58. The van der Waals surface area contributed by atoms with Crippen LogP contribution in [0.15, 0.2) is 22.7 Å². The van der Waals surface area contributed by atoms with E-state index in [-0.39, 0.29) is 0 Å². The number of anilines is 1. The molecule has 0 aliphatic heterocycles. The average molecular weight is 341 g/mol. The van der Waals surface area contributed by atoms with E-state index >= 15 is 0 Å². The molecule has 0 spiro atoms. The van der Waals surface area contributed by atoms with E-state index in [1.807, 2.05) is 0 Å². The summed E-state index contributed by atoms with van der Waals surface area (Å²) in [6.45, 7) is 6.01. The fourth-order valence-electron chi connectivity index (χ4n) is 2.48. The Bertz CT molecular complexity index is 438. The van der Waals surface area contributed by atoms with Crippen molar-refractivity contribution in [2.24, 2.45) is 11.8 Å². The topological polar surface area (TPSA) is 24.5 Å². The van der Waals surface area contributed by atoms with Gasteiger partial charge < -0.3 is 15.0 Å². The monoisotopic (exact) mass is 340 g/mol. The molecule has 0 saturated heterocycles. The number of nitrogens with one attached hydrogen (secondary N) is 1. The van der Waals surface area contributed by atoms with Gasteiger partial charge in [-0.3, -0.25) is 0 Å². The van der Waals surface area contributed by atoms with E-state index < -0.39 is 0 Å². The van der Waals surface area contributed by atoms with Crippen molar-refractivity contribution in [2.45, 2.75) is 19.9 Å². The smallest absolute Gasteiger partial charge is 0.0587 e. The SMILES string of the molecule is COCCNCc1ccc(N(C)CC2CC2C)c(Br)c1.